The topological polar surface area (TPSA) is 102 Å². The highest BCUT2D eigenvalue weighted by atomic mass is 32.2. The van der Waals surface area contributed by atoms with Crippen LogP contribution in [-0.2, 0) is 11.4 Å². The molecule has 0 radical (unpaired) electrons. The first kappa shape index (κ1) is 18.4. The van der Waals surface area contributed by atoms with E-state index in [1.165, 1.54) is 0 Å². The molecular weight excluding hydrogens is 380 g/mol. The van der Waals surface area contributed by atoms with Crippen molar-refractivity contribution in [2.24, 2.45) is 0 Å². The van der Waals surface area contributed by atoms with Gasteiger partial charge in [-0.15, -0.1) is 11.8 Å². The molecule has 9 heteroatoms. The lowest BCUT2D eigenvalue weighted by Gasteiger charge is -2.17. The van der Waals surface area contributed by atoms with Crippen molar-refractivity contribution in [3.63, 3.8) is 0 Å². The number of nitrogens with zero attached hydrogens (tertiary/aromatic N) is 2. The number of nitrogens with one attached hydrogen (secondary N) is 2. The lowest BCUT2D eigenvalue weighted by molar-refractivity contribution is -0.113. The number of ether oxygens (including phenoxy) is 2. The Labute approximate surface area is 166 Å². The number of anilines is 1. The van der Waals surface area contributed by atoms with E-state index >= 15 is 0 Å². The predicted molar refractivity (Wildman–Crippen MR) is 105 cm³/mol. The summed E-state index contributed by atoms with van der Waals surface area (Å²) < 4.78 is 16.7. The first-order chi connectivity index (χ1) is 13.6. The minimum atomic E-state index is -0.0515. The van der Waals surface area contributed by atoms with E-state index in [1.54, 1.807) is 25.1 Å². The number of hydrogen-bond donors (Lipinski definition) is 2. The zero-order chi connectivity index (χ0) is 19.7. The van der Waals surface area contributed by atoms with E-state index in [0.717, 1.165) is 28.1 Å². The molecule has 28 heavy (non-hydrogen) atoms. The summed E-state index contributed by atoms with van der Waals surface area (Å²) in [7, 11) is 1.61. The predicted octanol–water partition coefficient (Wildman–Crippen LogP) is 3.38. The van der Waals surface area contributed by atoms with Gasteiger partial charge in [-0.2, -0.15) is 5.10 Å². The van der Waals surface area contributed by atoms with Crippen molar-refractivity contribution in [1.29, 1.82) is 0 Å². The van der Waals surface area contributed by atoms with Crippen LogP contribution in [0.15, 0.2) is 28.9 Å². The Morgan fingerprint density at radius 1 is 1.32 bits per heavy atom. The van der Waals surface area contributed by atoms with Gasteiger partial charge in [0.1, 0.15) is 18.2 Å². The molecule has 0 saturated heterocycles. The minimum absolute atomic E-state index is 0.0433. The lowest BCUT2D eigenvalue weighted by Crippen LogP contribution is -2.12. The molecule has 0 aliphatic carbocycles. The van der Waals surface area contributed by atoms with Crippen molar-refractivity contribution in [2.75, 3.05) is 18.2 Å². The van der Waals surface area contributed by atoms with Gasteiger partial charge in [0.25, 0.3) is 0 Å². The third-order valence-corrected chi connectivity index (χ3v) is 5.93. The van der Waals surface area contributed by atoms with Crippen LogP contribution in [0.3, 0.4) is 0 Å². The molecule has 3 aromatic rings. The van der Waals surface area contributed by atoms with E-state index in [9.17, 15) is 4.79 Å². The average Bonchev–Trinajstić information content (AvgIpc) is 3.23. The van der Waals surface area contributed by atoms with E-state index in [2.05, 4.69) is 20.7 Å². The maximum Gasteiger partial charge on any atom is 0.235 e. The molecule has 0 spiro atoms. The summed E-state index contributed by atoms with van der Waals surface area (Å²) in [6.45, 7) is 4.09. The fraction of sp³-hybridized carbons (Fsp3) is 0.316. The number of fused-ring (bicyclic) bond motifs is 1. The maximum absolute atomic E-state index is 11.9. The molecule has 2 aromatic heterocycles. The molecule has 146 valence electrons. The highest BCUT2D eigenvalue weighted by molar-refractivity contribution is 8.00. The van der Waals surface area contributed by atoms with Gasteiger partial charge < -0.3 is 19.3 Å². The van der Waals surface area contributed by atoms with E-state index < -0.39 is 0 Å². The third-order valence-electron chi connectivity index (χ3n) is 4.64. The van der Waals surface area contributed by atoms with E-state index in [4.69, 9.17) is 14.0 Å². The van der Waals surface area contributed by atoms with Gasteiger partial charge in [0.2, 0.25) is 5.91 Å². The number of benzene rings is 1. The largest absolute Gasteiger partial charge is 0.493 e. The highest BCUT2D eigenvalue weighted by Crippen LogP contribution is 2.43. The number of hydrogen-bond acceptors (Lipinski definition) is 7. The second-order valence-corrected chi connectivity index (χ2v) is 7.53. The zero-order valence-electron chi connectivity index (χ0n) is 15.7. The average molecular weight is 400 g/mol. The zero-order valence-corrected chi connectivity index (χ0v) is 16.6. The Morgan fingerprint density at radius 3 is 2.93 bits per heavy atom. The van der Waals surface area contributed by atoms with Gasteiger partial charge >= 0.3 is 0 Å². The fourth-order valence-corrected chi connectivity index (χ4v) is 4.21. The molecule has 3 heterocycles. The van der Waals surface area contributed by atoms with Crippen LogP contribution < -0.4 is 14.8 Å². The molecule has 4 rings (SSSR count). The van der Waals surface area contributed by atoms with Crippen molar-refractivity contribution >= 4 is 23.5 Å². The number of thioether (sulfide) groups is 1. The molecule has 0 unspecified atom stereocenters. The number of aromatic amines is 1. The lowest BCUT2D eigenvalue weighted by atomic mass is 10.1. The van der Waals surface area contributed by atoms with Gasteiger partial charge in [-0.1, -0.05) is 11.2 Å². The van der Waals surface area contributed by atoms with Gasteiger partial charge in [-0.05, 0) is 31.5 Å². The van der Waals surface area contributed by atoms with Crippen LogP contribution in [0.5, 0.6) is 11.5 Å². The summed E-state index contributed by atoms with van der Waals surface area (Å²) in [5.41, 5.74) is 3.68. The molecule has 0 bridgehead atoms. The minimum Gasteiger partial charge on any atom is -0.493 e. The Morgan fingerprint density at radius 2 is 2.18 bits per heavy atom. The standard InChI is InChI=1S/C19H20N4O4S/c1-10-14(11(2)27-23-10)8-26-15-5-4-12(6-16(15)25-3)18-13-7-20-22-19(13)21-17(24)9-28-18/h4-7,18H,8-9H2,1-3H3,(H2,20,21,22,24)/t18-/m0/s1. The van der Waals surface area contributed by atoms with Gasteiger partial charge in [-0.25, -0.2) is 0 Å². The summed E-state index contributed by atoms with van der Waals surface area (Å²) in [5, 5.41) is 13.7. The van der Waals surface area contributed by atoms with Gasteiger partial charge in [-0.3, -0.25) is 9.89 Å². The molecular formula is C19H20N4O4S. The molecule has 8 nitrogen and oxygen atoms in total. The van der Waals surface area contributed by atoms with Gasteiger partial charge in [0.05, 0.1) is 35.6 Å². The number of methoxy groups -OCH3 is 1. The van der Waals surface area contributed by atoms with Gasteiger partial charge in [0.15, 0.2) is 11.5 Å². The van der Waals surface area contributed by atoms with Crippen molar-refractivity contribution in [3.05, 3.63) is 52.5 Å². The first-order valence-corrected chi connectivity index (χ1v) is 9.79. The second-order valence-electron chi connectivity index (χ2n) is 6.44. The molecule has 0 saturated carbocycles. The first-order valence-electron chi connectivity index (χ1n) is 8.74. The molecule has 2 N–H and O–H groups in total. The van der Waals surface area contributed by atoms with E-state index in [0.29, 0.717) is 29.7 Å². The van der Waals surface area contributed by atoms with Crippen LogP contribution in [0.1, 0.15) is 33.4 Å². The van der Waals surface area contributed by atoms with Crippen LogP contribution in [0.2, 0.25) is 0 Å². The number of amides is 1. The molecule has 1 atom stereocenters. The molecule has 1 amide bonds. The number of aryl methyl sites for hydroxylation is 2. The molecule has 0 fully saturated rings. The van der Waals surface area contributed by atoms with Crippen molar-refractivity contribution in [3.8, 4) is 11.5 Å². The Bertz CT molecular complexity index is 994. The van der Waals surface area contributed by atoms with E-state index in [-0.39, 0.29) is 11.2 Å². The maximum atomic E-state index is 11.9. The second kappa shape index (κ2) is 7.59. The third kappa shape index (κ3) is 3.45. The SMILES string of the molecule is COc1cc([C@@H]2SCC(=O)Nc3[nH]ncc32)ccc1OCc1c(C)noc1C. The van der Waals surface area contributed by atoms with E-state index in [1.807, 2.05) is 32.0 Å². The smallest absolute Gasteiger partial charge is 0.235 e. The Kier molecular flexibility index (Phi) is 4.99. The summed E-state index contributed by atoms with van der Waals surface area (Å²) in [6.07, 6.45) is 1.74. The number of carbonyl (C=O) groups excluding carboxylic acids is 1. The normalized spacial score (nSPS) is 16.2. The monoisotopic (exact) mass is 400 g/mol. The van der Waals surface area contributed by atoms with Crippen molar-refractivity contribution in [2.45, 2.75) is 25.7 Å². The van der Waals surface area contributed by atoms with Crippen LogP contribution >= 0.6 is 11.8 Å². The number of aromatic nitrogens is 3. The molecule has 1 aromatic carbocycles. The number of H-pyrrole nitrogens is 1. The summed E-state index contributed by atoms with van der Waals surface area (Å²) in [4.78, 5) is 11.9. The van der Waals surface area contributed by atoms with Crippen LogP contribution in [0.4, 0.5) is 5.82 Å². The highest BCUT2D eigenvalue weighted by Gasteiger charge is 2.26. The quantitative estimate of drug-likeness (QED) is 0.677. The Hall–Kier alpha value is -2.94. The Balaban J connectivity index is 1.60. The van der Waals surface area contributed by atoms with Crippen molar-refractivity contribution in [1.82, 2.24) is 15.4 Å². The van der Waals surface area contributed by atoms with Crippen LogP contribution in [0, 0.1) is 13.8 Å². The number of rotatable bonds is 5. The van der Waals surface area contributed by atoms with Crippen molar-refractivity contribution < 1.29 is 18.8 Å². The number of carbonyl (C=O) groups is 1. The summed E-state index contributed by atoms with van der Waals surface area (Å²) >= 11 is 1.54. The summed E-state index contributed by atoms with van der Waals surface area (Å²) in [6, 6.07) is 5.80. The fourth-order valence-electron chi connectivity index (χ4n) is 3.12. The summed E-state index contributed by atoms with van der Waals surface area (Å²) in [5.74, 6) is 2.94. The van der Waals surface area contributed by atoms with Gasteiger partial charge in [0, 0.05) is 5.56 Å². The molecule has 1 aliphatic rings. The van der Waals surface area contributed by atoms with Crippen LogP contribution in [0.25, 0.3) is 0 Å². The molecule has 1 aliphatic heterocycles. The van der Waals surface area contributed by atoms with Crippen LogP contribution in [-0.4, -0.2) is 34.1 Å².